The number of rotatable bonds is 5. The molecule has 1 amide bonds. The summed E-state index contributed by atoms with van der Waals surface area (Å²) in [6.45, 7) is 0. The maximum absolute atomic E-state index is 13.1. The molecule has 1 aliphatic carbocycles. The zero-order valence-electron chi connectivity index (χ0n) is 14.6. The van der Waals surface area contributed by atoms with Gasteiger partial charge in [0, 0.05) is 23.8 Å². The summed E-state index contributed by atoms with van der Waals surface area (Å²) in [7, 11) is 1.97. The number of carbonyl (C=O) groups excluding carboxylic acids is 1. The van der Waals surface area contributed by atoms with Gasteiger partial charge in [0.2, 0.25) is 5.91 Å². The molecule has 1 unspecified atom stereocenters. The smallest absolute Gasteiger partial charge is 0.247 e. The fourth-order valence-electron chi connectivity index (χ4n) is 3.54. The van der Waals surface area contributed by atoms with Gasteiger partial charge in [-0.15, -0.1) is 0 Å². The van der Waals surface area contributed by atoms with Crippen molar-refractivity contribution in [2.24, 2.45) is 0 Å². The molecular weight excluding hydrogens is 332 g/mol. The largest absolute Gasteiger partial charge is 0.359 e. The molecule has 0 bridgehead atoms. The zero-order chi connectivity index (χ0) is 17.6. The third-order valence-corrected chi connectivity index (χ3v) is 5.19. The van der Waals surface area contributed by atoms with E-state index < -0.39 is 0 Å². The molecule has 2 aromatic carbocycles. The molecule has 0 aliphatic heterocycles. The monoisotopic (exact) mass is 356 g/mol. The first-order valence-electron chi connectivity index (χ1n) is 8.99. The Hall–Kier alpha value is -2.00. The van der Waals surface area contributed by atoms with E-state index in [0.717, 1.165) is 24.1 Å². The second kappa shape index (κ2) is 8.39. The Morgan fingerprint density at radius 3 is 2.32 bits per heavy atom. The van der Waals surface area contributed by atoms with Crippen LogP contribution in [0.1, 0.15) is 43.7 Å². The molecule has 1 aliphatic rings. The molecule has 3 nitrogen and oxygen atoms in total. The standard InChI is InChI=1S/C21H25ClN2O/c1-24(19-10-6-3-7-11-19)20(16-12-14-17(22)15-13-16)21(25)23-18-8-4-2-5-9-18/h3,6-7,10-15,18,20H,2,4-5,8-9H2,1H3,(H,23,25). The van der Waals surface area contributed by atoms with E-state index >= 15 is 0 Å². The lowest BCUT2D eigenvalue weighted by molar-refractivity contribution is -0.123. The van der Waals surface area contributed by atoms with Gasteiger partial charge >= 0.3 is 0 Å². The molecule has 25 heavy (non-hydrogen) atoms. The maximum atomic E-state index is 13.1. The van der Waals surface area contributed by atoms with Crippen molar-refractivity contribution in [2.75, 3.05) is 11.9 Å². The van der Waals surface area contributed by atoms with E-state index in [9.17, 15) is 4.79 Å². The van der Waals surface area contributed by atoms with Gasteiger partial charge in [0.05, 0.1) is 0 Å². The van der Waals surface area contributed by atoms with E-state index in [1.165, 1.54) is 19.3 Å². The average molecular weight is 357 g/mol. The topological polar surface area (TPSA) is 32.3 Å². The Labute approximate surface area is 155 Å². The molecular formula is C21H25ClN2O. The minimum atomic E-state index is -0.374. The highest BCUT2D eigenvalue weighted by Gasteiger charge is 2.28. The van der Waals surface area contributed by atoms with Crippen molar-refractivity contribution >= 4 is 23.2 Å². The van der Waals surface area contributed by atoms with Gasteiger partial charge in [-0.25, -0.2) is 0 Å². The van der Waals surface area contributed by atoms with Crippen molar-refractivity contribution in [3.05, 3.63) is 65.2 Å². The summed E-state index contributed by atoms with van der Waals surface area (Å²) >= 11 is 6.03. The van der Waals surface area contributed by atoms with Gasteiger partial charge in [-0.1, -0.05) is 61.2 Å². The summed E-state index contributed by atoms with van der Waals surface area (Å²) in [5.74, 6) is 0.0561. The highest BCUT2D eigenvalue weighted by molar-refractivity contribution is 6.30. The number of likely N-dealkylation sites (N-methyl/N-ethyl adjacent to an activating group) is 1. The van der Waals surface area contributed by atoms with Crippen molar-refractivity contribution in [2.45, 2.75) is 44.2 Å². The van der Waals surface area contributed by atoms with Crippen LogP contribution in [0.3, 0.4) is 0 Å². The highest BCUT2D eigenvalue weighted by Crippen LogP contribution is 2.28. The van der Waals surface area contributed by atoms with Gasteiger partial charge in [0.1, 0.15) is 6.04 Å². The molecule has 132 valence electrons. The fraction of sp³-hybridized carbons (Fsp3) is 0.381. The number of benzene rings is 2. The van der Waals surface area contributed by atoms with Gasteiger partial charge in [0.25, 0.3) is 0 Å². The van der Waals surface area contributed by atoms with Crippen molar-refractivity contribution in [3.63, 3.8) is 0 Å². The van der Waals surface area contributed by atoms with E-state index in [0.29, 0.717) is 11.1 Å². The van der Waals surface area contributed by atoms with E-state index in [-0.39, 0.29) is 11.9 Å². The molecule has 0 saturated heterocycles. The van der Waals surface area contributed by atoms with Crippen molar-refractivity contribution in [1.29, 1.82) is 0 Å². The lowest BCUT2D eigenvalue weighted by atomic mass is 9.94. The number of anilines is 1. The molecule has 1 fully saturated rings. The predicted molar refractivity (Wildman–Crippen MR) is 104 cm³/mol. The third-order valence-electron chi connectivity index (χ3n) is 4.94. The zero-order valence-corrected chi connectivity index (χ0v) is 15.4. The van der Waals surface area contributed by atoms with Crippen LogP contribution in [0.25, 0.3) is 0 Å². The predicted octanol–water partition coefficient (Wildman–Crippen LogP) is 4.97. The number of hydrogen-bond donors (Lipinski definition) is 1. The lowest BCUT2D eigenvalue weighted by Crippen LogP contribution is -2.44. The SMILES string of the molecule is CN(c1ccccc1)C(C(=O)NC1CCCCC1)c1ccc(Cl)cc1. The van der Waals surface area contributed by atoms with Gasteiger partial charge < -0.3 is 10.2 Å². The van der Waals surface area contributed by atoms with Crippen LogP contribution in [0.15, 0.2) is 54.6 Å². The molecule has 0 aromatic heterocycles. The van der Waals surface area contributed by atoms with Crippen LogP contribution in [-0.4, -0.2) is 19.0 Å². The second-order valence-corrected chi connectivity index (χ2v) is 7.18. The summed E-state index contributed by atoms with van der Waals surface area (Å²) in [4.78, 5) is 15.2. The van der Waals surface area contributed by atoms with Crippen LogP contribution < -0.4 is 10.2 Å². The maximum Gasteiger partial charge on any atom is 0.247 e. The van der Waals surface area contributed by atoms with Crippen LogP contribution in [0.2, 0.25) is 5.02 Å². The molecule has 2 aromatic rings. The number of hydrogen-bond acceptors (Lipinski definition) is 2. The Morgan fingerprint density at radius 1 is 1.04 bits per heavy atom. The minimum Gasteiger partial charge on any atom is -0.359 e. The first-order chi connectivity index (χ1) is 12.1. The van der Waals surface area contributed by atoms with Gasteiger partial charge in [-0.3, -0.25) is 4.79 Å². The average Bonchev–Trinajstić information content (AvgIpc) is 2.65. The van der Waals surface area contributed by atoms with E-state index in [1.54, 1.807) is 0 Å². The Kier molecular flexibility index (Phi) is 5.98. The molecule has 0 heterocycles. The summed E-state index contributed by atoms with van der Waals surface area (Å²) < 4.78 is 0. The number of halogens is 1. The first kappa shape index (κ1) is 17.8. The fourth-order valence-corrected chi connectivity index (χ4v) is 3.66. The lowest BCUT2D eigenvalue weighted by Gasteiger charge is -2.32. The van der Waals surface area contributed by atoms with Crippen LogP contribution in [0.4, 0.5) is 5.69 Å². The molecule has 1 saturated carbocycles. The van der Waals surface area contributed by atoms with Gasteiger partial charge in [0.15, 0.2) is 0 Å². The van der Waals surface area contributed by atoms with Gasteiger partial charge in [-0.2, -0.15) is 0 Å². The van der Waals surface area contributed by atoms with Crippen LogP contribution >= 0.6 is 11.6 Å². The quantitative estimate of drug-likeness (QED) is 0.820. The van der Waals surface area contributed by atoms with Crippen molar-refractivity contribution in [1.82, 2.24) is 5.32 Å². The summed E-state index contributed by atoms with van der Waals surface area (Å²) in [6.07, 6.45) is 5.83. The number of amides is 1. The molecule has 4 heteroatoms. The second-order valence-electron chi connectivity index (χ2n) is 6.74. The summed E-state index contributed by atoms with van der Waals surface area (Å²) in [5, 5.41) is 3.95. The van der Waals surface area contributed by atoms with Crippen LogP contribution in [0, 0.1) is 0 Å². The van der Waals surface area contributed by atoms with Crippen molar-refractivity contribution in [3.8, 4) is 0 Å². The number of para-hydroxylation sites is 1. The third kappa shape index (κ3) is 4.55. The van der Waals surface area contributed by atoms with E-state index in [1.807, 2.05) is 66.5 Å². The first-order valence-corrected chi connectivity index (χ1v) is 9.36. The van der Waals surface area contributed by atoms with E-state index in [2.05, 4.69) is 5.32 Å². The number of carbonyl (C=O) groups is 1. The van der Waals surface area contributed by atoms with Crippen LogP contribution in [0.5, 0.6) is 0 Å². The molecule has 0 radical (unpaired) electrons. The summed E-state index contributed by atoms with van der Waals surface area (Å²) in [6, 6.07) is 17.5. The Morgan fingerprint density at radius 2 is 1.68 bits per heavy atom. The summed E-state index contributed by atoms with van der Waals surface area (Å²) in [5.41, 5.74) is 1.96. The normalized spacial score (nSPS) is 16.2. The van der Waals surface area contributed by atoms with E-state index in [4.69, 9.17) is 11.6 Å². The van der Waals surface area contributed by atoms with Crippen molar-refractivity contribution < 1.29 is 4.79 Å². The Balaban J connectivity index is 1.85. The minimum absolute atomic E-state index is 0.0561. The highest BCUT2D eigenvalue weighted by atomic mass is 35.5. The van der Waals surface area contributed by atoms with Crippen LogP contribution in [-0.2, 0) is 4.79 Å². The molecule has 3 rings (SSSR count). The Bertz CT molecular complexity index is 681. The van der Waals surface area contributed by atoms with Gasteiger partial charge in [-0.05, 0) is 42.7 Å². The number of nitrogens with one attached hydrogen (secondary N) is 1. The molecule has 1 N–H and O–H groups in total. The molecule has 0 spiro atoms. The molecule has 1 atom stereocenters. The number of nitrogens with zero attached hydrogens (tertiary/aromatic N) is 1.